The highest BCUT2D eigenvalue weighted by molar-refractivity contribution is 7.12. The molecule has 0 saturated carbocycles. The van der Waals surface area contributed by atoms with Gasteiger partial charge < -0.3 is 9.80 Å². The van der Waals surface area contributed by atoms with Gasteiger partial charge in [0.15, 0.2) is 0 Å². The fourth-order valence-electron chi connectivity index (χ4n) is 4.46. The molecule has 1 atom stereocenters. The third-order valence-electron chi connectivity index (χ3n) is 6.18. The fourth-order valence-corrected chi connectivity index (χ4v) is 6.57. The number of halogens is 3. The van der Waals surface area contributed by atoms with Crippen molar-refractivity contribution in [2.75, 3.05) is 13.1 Å². The van der Waals surface area contributed by atoms with Gasteiger partial charge in [0.05, 0.1) is 10.9 Å². The molecule has 1 unspecified atom stereocenters. The highest BCUT2D eigenvalue weighted by Gasteiger charge is 2.35. The summed E-state index contributed by atoms with van der Waals surface area (Å²) in [5.74, 6) is -0.777. The number of hydrogen-bond donors (Lipinski definition) is 0. The molecule has 4 aromatic rings. The van der Waals surface area contributed by atoms with Gasteiger partial charge >= 0.3 is 0 Å². The second-order valence-electron chi connectivity index (χ2n) is 8.47. The second kappa shape index (κ2) is 10.7. The van der Waals surface area contributed by atoms with Gasteiger partial charge in [-0.25, -0.2) is 4.39 Å². The minimum atomic E-state index is -0.373. The normalized spacial score (nSPS) is 15.0. The van der Waals surface area contributed by atoms with E-state index in [-0.39, 0.29) is 36.8 Å². The molecular weight excluding hydrogens is 538 g/mol. The predicted octanol–water partition coefficient (Wildman–Crippen LogP) is 7.07. The van der Waals surface area contributed by atoms with Crippen LogP contribution in [0.15, 0.2) is 71.4 Å². The molecule has 1 aliphatic heterocycles. The minimum Gasteiger partial charge on any atom is -0.330 e. The Morgan fingerprint density at radius 1 is 1.00 bits per heavy atom. The average molecular weight is 560 g/mol. The van der Waals surface area contributed by atoms with E-state index in [1.165, 1.54) is 33.2 Å². The van der Waals surface area contributed by atoms with E-state index in [9.17, 15) is 14.0 Å². The molecule has 4 nitrogen and oxygen atoms in total. The van der Waals surface area contributed by atoms with Crippen LogP contribution < -0.4 is 0 Å². The monoisotopic (exact) mass is 558 g/mol. The Morgan fingerprint density at radius 3 is 2.53 bits per heavy atom. The Labute approximate surface area is 226 Å². The number of amides is 2. The number of nitrogens with zero attached hydrogens (tertiary/aromatic N) is 2. The van der Waals surface area contributed by atoms with E-state index in [1.807, 2.05) is 22.9 Å². The molecule has 0 saturated heterocycles. The van der Waals surface area contributed by atoms with Gasteiger partial charge in [0.1, 0.15) is 12.4 Å². The van der Waals surface area contributed by atoms with Gasteiger partial charge in [-0.15, -0.1) is 22.7 Å². The first kappa shape index (κ1) is 25.0. The molecular formula is C27H21Cl2FN2O2S2. The molecule has 184 valence electrons. The first-order chi connectivity index (χ1) is 17.4. The van der Waals surface area contributed by atoms with Crippen LogP contribution in [0.1, 0.15) is 37.3 Å². The van der Waals surface area contributed by atoms with E-state index < -0.39 is 0 Å². The molecule has 0 radical (unpaired) electrons. The van der Waals surface area contributed by atoms with Crippen LogP contribution in [0.2, 0.25) is 10.0 Å². The van der Waals surface area contributed by atoms with E-state index in [0.717, 1.165) is 23.1 Å². The van der Waals surface area contributed by atoms with Gasteiger partial charge in [0.25, 0.3) is 5.91 Å². The van der Waals surface area contributed by atoms with Crippen LogP contribution in [-0.2, 0) is 17.8 Å². The lowest BCUT2D eigenvalue weighted by molar-refractivity contribution is -0.134. The van der Waals surface area contributed by atoms with Crippen LogP contribution in [0.3, 0.4) is 0 Å². The maximum absolute atomic E-state index is 13.8. The van der Waals surface area contributed by atoms with Crippen molar-refractivity contribution >= 4 is 57.7 Å². The molecule has 0 fully saturated rings. The standard InChI is InChI=1S/C27H21Cl2FN2O2S2/c28-18-5-8-20(22(29)14-18)26-21-10-13-36-23(21)9-11-32(26)25(33)16-31(27(34)24-2-1-12-35-24)15-17-3-6-19(30)7-4-17/h1-8,10,12-14,26H,9,11,15-16H2. The zero-order valence-corrected chi connectivity index (χ0v) is 22.1. The van der Waals surface area contributed by atoms with Gasteiger partial charge in [-0.3, -0.25) is 9.59 Å². The molecule has 0 bridgehead atoms. The number of hydrogen-bond acceptors (Lipinski definition) is 4. The molecule has 1 aliphatic rings. The van der Waals surface area contributed by atoms with E-state index in [4.69, 9.17) is 23.2 Å². The first-order valence-electron chi connectivity index (χ1n) is 11.3. The summed E-state index contributed by atoms with van der Waals surface area (Å²) < 4.78 is 13.5. The minimum absolute atomic E-state index is 0.116. The van der Waals surface area contributed by atoms with Crippen molar-refractivity contribution in [3.05, 3.63) is 114 Å². The fraction of sp³-hybridized carbons (Fsp3) is 0.185. The molecule has 3 heterocycles. The van der Waals surface area contributed by atoms with Gasteiger partial charge in [-0.1, -0.05) is 47.5 Å². The molecule has 5 rings (SSSR count). The summed E-state index contributed by atoms with van der Waals surface area (Å²) in [6.45, 7) is 0.579. The van der Waals surface area contributed by atoms with E-state index in [2.05, 4.69) is 0 Å². The highest BCUT2D eigenvalue weighted by atomic mass is 35.5. The van der Waals surface area contributed by atoms with Crippen LogP contribution in [0.25, 0.3) is 0 Å². The molecule has 2 amide bonds. The van der Waals surface area contributed by atoms with Crippen LogP contribution >= 0.6 is 45.9 Å². The summed E-state index contributed by atoms with van der Waals surface area (Å²) in [4.78, 5) is 32.3. The van der Waals surface area contributed by atoms with Crippen LogP contribution in [0, 0.1) is 5.82 Å². The van der Waals surface area contributed by atoms with E-state index in [0.29, 0.717) is 21.5 Å². The number of carbonyl (C=O) groups excluding carboxylic acids is 2. The highest BCUT2D eigenvalue weighted by Crippen LogP contribution is 2.41. The van der Waals surface area contributed by atoms with Gasteiger partial charge in [-0.2, -0.15) is 0 Å². The predicted molar refractivity (Wildman–Crippen MR) is 144 cm³/mol. The lowest BCUT2D eigenvalue weighted by Crippen LogP contribution is -2.46. The lowest BCUT2D eigenvalue weighted by atomic mass is 9.93. The molecule has 36 heavy (non-hydrogen) atoms. The Balaban J connectivity index is 1.46. The summed E-state index contributed by atoms with van der Waals surface area (Å²) in [5, 5.41) is 4.86. The quantitative estimate of drug-likeness (QED) is 0.254. The zero-order chi connectivity index (χ0) is 25.2. The van der Waals surface area contributed by atoms with Crippen LogP contribution in [-0.4, -0.2) is 34.7 Å². The van der Waals surface area contributed by atoms with E-state index in [1.54, 1.807) is 52.6 Å². The molecule has 0 spiro atoms. The van der Waals surface area contributed by atoms with Crippen molar-refractivity contribution in [1.82, 2.24) is 9.80 Å². The Morgan fingerprint density at radius 2 is 1.81 bits per heavy atom. The maximum Gasteiger partial charge on any atom is 0.264 e. The summed E-state index contributed by atoms with van der Waals surface area (Å²) in [6.07, 6.45) is 0.733. The third-order valence-corrected chi connectivity index (χ3v) is 8.59. The molecule has 0 aliphatic carbocycles. The number of thiophene rings is 2. The van der Waals surface area contributed by atoms with Crippen LogP contribution in [0.4, 0.5) is 4.39 Å². The topological polar surface area (TPSA) is 40.6 Å². The van der Waals surface area contributed by atoms with Gasteiger partial charge in [0, 0.05) is 28.0 Å². The Kier molecular flexibility index (Phi) is 7.44. The first-order valence-corrected chi connectivity index (χ1v) is 13.8. The van der Waals surface area contributed by atoms with Crippen molar-refractivity contribution in [1.29, 1.82) is 0 Å². The van der Waals surface area contributed by atoms with Crippen LogP contribution in [0.5, 0.6) is 0 Å². The van der Waals surface area contributed by atoms with Crippen molar-refractivity contribution < 1.29 is 14.0 Å². The summed E-state index contributed by atoms with van der Waals surface area (Å²) in [5.41, 5.74) is 2.58. The molecule has 0 N–H and O–H groups in total. The number of fused-ring (bicyclic) bond motifs is 1. The van der Waals surface area contributed by atoms with E-state index >= 15 is 0 Å². The number of carbonyl (C=O) groups is 2. The smallest absolute Gasteiger partial charge is 0.264 e. The molecule has 2 aromatic heterocycles. The number of benzene rings is 2. The van der Waals surface area contributed by atoms with Crippen molar-refractivity contribution in [3.8, 4) is 0 Å². The van der Waals surface area contributed by atoms with Crippen molar-refractivity contribution in [2.24, 2.45) is 0 Å². The average Bonchev–Trinajstić information content (AvgIpc) is 3.56. The second-order valence-corrected chi connectivity index (χ2v) is 11.3. The summed E-state index contributed by atoms with van der Waals surface area (Å²) >= 11 is 15.7. The Hall–Kier alpha value is -2.71. The molecule has 2 aromatic carbocycles. The Bertz CT molecular complexity index is 1390. The third kappa shape index (κ3) is 5.20. The van der Waals surface area contributed by atoms with Crippen molar-refractivity contribution in [3.63, 3.8) is 0 Å². The van der Waals surface area contributed by atoms with Crippen molar-refractivity contribution in [2.45, 2.75) is 19.0 Å². The largest absolute Gasteiger partial charge is 0.330 e. The zero-order valence-electron chi connectivity index (χ0n) is 19.0. The summed E-state index contributed by atoms with van der Waals surface area (Å²) in [6, 6.07) is 16.5. The number of rotatable bonds is 6. The molecule has 9 heteroatoms. The maximum atomic E-state index is 13.8. The van der Waals surface area contributed by atoms with Gasteiger partial charge in [0.2, 0.25) is 5.91 Å². The van der Waals surface area contributed by atoms with Gasteiger partial charge in [-0.05, 0) is 70.3 Å². The summed E-state index contributed by atoms with van der Waals surface area (Å²) in [7, 11) is 0. The lowest BCUT2D eigenvalue weighted by Gasteiger charge is -2.38. The SMILES string of the molecule is O=C(c1cccs1)N(CC(=O)N1CCc2sccc2C1c1ccc(Cl)cc1Cl)Cc1ccc(F)cc1.